The molecule has 0 saturated carbocycles. The number of halogens is 3. The van der Waals surface area contributed by atoms with Gasteiger partial charge < -0.3 is 9.64 Å². The first-order chi connectivity index (χ1) is 7.02. The highest BCUT2D eigenvalue weighted by molar-refractivity contribution is 9.10. The molecule has 0 aromatic heterocycles. The zero-order valence-electron chi connectivity index (χ0n) is 7.68. The number of carbonyl (C=O) groups excluding carboxylic acids is 1. The van der Waals surface area contributed by atoms with Crippen LogP contribution < -0.4 is 9.64 Å². The fraction of sp³-hybridized carbons (Fsp3) is 0.222. The molecule has 0 bridgehead atoms. The van der Waals surface area contributed by atoms with E-state index in [1.54, 1.807) is 13.1 Å². The standard InChI is InChI=1S/C9H6BrCl2NO2/c1-13-6(14)3-15-9-7(12)4(10)2-5(11)8(9)13/h2H,3H2,1H3. The third-order valence-corrected chi connectivity index (χ3v) is 3.67. The van der Waals surface area contributed by atoms with Gasteiger partial charge in [-0.15, -0.1) is 0 Å². The Hall–Kier alpha value is -0.450. The van der Waals surface area contributed by atoms with Crippen molar-refractivity contribution in [3.8, 4) is 5.75 Å². The van der Waals surface area contributed by atoms with Crippen LogP contribution in [0.2, 0.25) is 10.0 Å². The molecule has 1 heterocycles. The lowest BCUT2D eigenvalue weighted by atomic mass is 10.2. The van der Waals surface area contributed by atoms with E-state index in [2.05, 4.69) is 15.9 Å². The highest BCUT2D eigenvalue weighted by atomic mass is 79.9. The van der Waals surface area contributed by atoms with E-state index in [0.717, 1.165) is 0 Å². The zero-order valence-corrected chi connectivity index (χ0v) is 10.8. The van der Waals surface area contributed by atoms with E-state index in [9.17, 15) is 4.79 Å². The molecule has 1 aromatic carbocycles. The molecule has 1 aromatic rings. The third-order valence-electron chi connectivity index (χ3n) is 2.15. The maximum atomic E-state index is 11.4. The molecule has 1 aliphatic rings. The van der Waals surface area contributed by atoms with Crippen molar-refractivity contribution >= 4 is 50.7 Å². The van der Waals surface area contributed by atoms with Gasteiger partial charge in [-0.05, 0) is 22.0 Å². The summed E-state index contributed by atoms with van der Waals surface area (Å²) < 4.78 is 5.91. The predicted octanol–water partition coefficient (Wildman–Crippen LogP) is 3.11. The second-order valence-corrected chi connectivity index (χ2v) is 4.71. The Bertz CT molecular complexity index is 450. The Kier molecular flexibility index (Phi) is 2.83. The molecule has 1 amide bonds. The predicted molar refractivity (Wildman–Crippen MR) is 63.1 cm³/mol. The molecule has 15 heavy (non-hydrogen) atoms. The maximum Gasteiger partial charge on any atom is 0.264 e. The van der Waals surface area contributed by atoms with E-state index in [0.29, 0.717) is 26.0 Å². The van der Waals surface area contributed by atoms with Crippen LogP contribution in [0.1, 0.15) is 0 Å². The molecular weight excluding hydrogens is 305 g/mol. The van der Waals surface area contributed by atoms with Crippen LogP contribution in [0.3, 0.4) is 0 Å². The summed E-state index contributed by atoms with van der Waals surface area (Å²) in [5.41, 5.74) is 0.515. The summed E-state index contributed by atoms with van der Waals surface area (Å²) in [6.45, 7) is -0.0179. The van der Waals surface area contributed by atoms with E-state index >= 15 is 0 Å². The van der Waals surface area contributed by atoms with Gasteiger partial charge in [0.05, 0.1) is 10.0 Å². The summed E-state index contributed by atoms with van der Waals surface area (Å²) >= 11 is 15.3. The molecule has 3 nitrogen and oxygen atoms in total. The molecule has 0 saturated heterocycles. The quantitative estimate of drug-likeness (QED) is 0.689. The van der Waals surface area contributed by atoms with Gasteiger partial charge in [0.1, 0.15) is 5.69 Å². The first kappa shape index (κ1) is 11.0. The molecule has 6 heteroatoms. The normalized spacial score (nSPS) is 14.9. The van der Waals surface area contributed by atoms with Crippen LogP contribution in [0.15, 0.2) is 10.5 Å². The van der Waals surface area contributed by atoms with Crippen LogP contribution >= 0.6 is 39.1 Å². The molecule has 0 radical (unpaired) electrons. The maximum absolute atomic E-state index is 11.4. The van der Waals surface area contributed by atoms with Crippen molar-refractivity contribution in [1.82, 2.24) is 0 Å². The number of hydrogen-bond donors (Lipinski definition) is 0. The molecule has 1 aliphatic heterocycles. The molecular formula is C9H6BrCl2NO2. The summed E-state index contributed by atoms with van der Waals surface area (Å²) in [7, 11) is 1.64. The SMILES string of the molecule is CN1C(=O)COc2c(Cl)c(Br)cc(Cl)c21. The molecule has 0 aliphatic carbocycles. The van der Waals surface area contributed by atoms with Gasteiger partial charge in [-0.2, -0.15) is 0 Å². The van der Waals surface area contributed by atoms with E-state index in [1.807, 2.05) is 0 Å². The van der Waals surface area contributed by atoms with Gasteiger partial charge in [0, 0.05) is 11.5 Å². The van der Waals surface area contributed by atoms with E-state index in [1.165, 1.54) is 4.90 Å². The van der Waals surface area contributed by atoms with Crippen molar-refractivity contribution in [3.05, 3.63) is 20.6 Å². The Balaban J connectivity index is 2.69. The number of anilines is 1. The average Bonchev–Trinajstić information content (AvgIpc) is 2.18. The largest absolute Gasteiger partial charge is 0.480 e. The van der Waals surface area contributed by atoms with Gasteiger partial charge in [0.25, 0.3) is 5.91 Å². The van der Waals surface area contributed by atoms with E-state index in [-0.39, 0.29) is 12.5 Å². The van der Waals surface area contributed by atoms with Crippen LogP contribution in [0.5, 0.6) is 5.75 Å². The number of ether oxygens (including phenoxy) is 1. The van der Waals surface area contributed by atoms with Crippen LogP contribution in [0.25, 0.3) is 0 Å². The number of likely N-dealkylation sites (N-methyl/N-ethyl adjacent to an activating group) is 1. The van der Waals surface area contributed by atoms with Crippen molar-refractivity contribution in [3.63, 3.8) is 0 Å². The topological polar surface area (TPSA) is 29.5 Å². The average molecular weight is 311 g/mol. The molecule has 0 N–H and O–H groups in total. The van der Waals surface area contributed by atoms with Gasteiger partial charge in [-0.3, -0.25) is 4.79 Å². The van der Waals surface area contributed by atoms with Gasteiger partial charge >= 0.3 is 0 Å². The summed E-state index contributed by atoms with van der Waals surface area (Å²) in [6, 6.07) is 1.64. The monoisotopic (exact) mass is 309 g/mol. The second kappa shape index (κ2) is 3.85. The van der Waals surface area contributed by atoms with Crippen molar-refractivity contribution < 1.29 is 9.53 Å². The van der Waals surface area contributed by atoms with Gasteiger partial charge in [0.15, 0.2) is 12.4 Å². The van der Waals surface area contributed by atoms with E-state index in [4.69, 9.17) is 27.9 Å². The lowest BCUT2D eigenvalue weighted by Crippen LogP contribution is -2.35. The highest BCUT2D eigenvalue weighted by Gasteiger charge is 2.28. The number of rotatable bonds is 0. The zero-order chi connectivity index (χ0) is 11.2. The van der Waals surface area contributed by atoms with Crippen LogP contribution in [0, 0.1) is 0 Å². The van der Waals surface area contributed by atoms with Gasteiger partial charge in [-0.25, -0.2) is 0 Å². The minimum atomic E-state index is -0.150. The number of amides is 1. The third kappa shape index (κ3) is 1.71. The van der Waals surface area contributed by atoms with Crippen molar-refractivity contribution in [1.29, 1.82) is 0 Å². The number of carbonyl (C=O) groups is 1. The lowest BCUT2D eigenvalue weighted by Gasteiger charge is -2.27. The minimum absolute atomic E-state index is 0.0179. The molecule has 0 spiro atoms. The highest BCUT2D eigenvalue weighted by Crippen LogP contribution is 2.46. The second-order valence-electron chi connectivity index (χ2n) is 3.07. The molecule has 0 fully saturated rings. The first-order valence-corrected chi connectivity index (χ1v) is 5.64. The molecule has 2 rings (SSSR count). The first-order valence-electron chi connectivity index (χ1n) is 4.09. The fourth-order valence-corrected chi connectivity index (χ4v) is 2.42. The number of hydrogen-bond acceptors (Lipinski definition) is 2. The fourth-order valence-electron chi connectivity index (χ4n) is 1.36. The van der Waals surface area contributed by atoms with Crippen LogP contribution in [-0.2, 0) is 4.79 Å². The molecule has 0 unspecified atom stereocenters. The summed E-state index contributed by atoms with van der Waals surface area (Å²) in [4.78, 5) is 12.8. The molecule has 0 atom stereocenters. The summed E-state index contributed by atoms with van der Waals surface area (Å²) in [5, 5.41) is 0.852. The van der Waals surface area contributed by atoms with Crippen molar-refractivity contribution in [2.24, 2.45) is 0 Å². The van der Waals surface area contributed by atoms with Crippen molar-refractivity contribution in [2.45, 2.75) is 0 Å². The van der Waals surface area contributed by atoms with Crippen LogP contribution in [-0.4, -0.2) is 19.6 Å². The van der Waals surface area contributed by atoms with Gasteiger partial charge in [0.2, 0.25) is 0 Å². The van der Waals surface area contributed by atoms with Crippen molar-refractivity contribution in [2.75, 3.05) is 18.6 Å². The number of nitrogens with zero attached hydrogens (tertiary/aromatic N) is 1. The van der Waals surface area contributed by atoms with Crippen LogP contribution in [0.4, 0.5) is 5.69 Å². The Morgan fingerprint density at radius 3 is 2.87 bits per heavy atom. The Labute approximate surface area is 105 Å². The minimum Gasteiger partial charge on any atom is -0.480 e. The lowest BCUT2D eigenvalue weighted by molar-refractivity contribution is -0.120. The Morgan fingerprint density at radius 1 is 1.53 bits per heavy atom. The molecule has 80 valence electrons. The Morgan fingerprint density at radius 2 is 2.20 bits per heavy atom. The summed E-state index contributed by atoms with van der Waals surface area (Å²) in [5.74, 6) is 0.293. The smallest absolute Gasteiger partial charge is 0.264 e. The van der Waals surface area contributed by atoms with Gasteiger partial charge in [-0.1, -0.05) is 23.2 Å². The van der Waals surface area contributed by atoms with E-state index < -0.39 is 0 Å². The summed E-state index contributed by atoms with van der Waals surface area (Å²) in [6.07, 6.45) is 0. The number of benzene rings is 1. The number of fused-ring (bicyclic) bond motifs is 1.